The number of ether oxygens (including phenoxy) is 1. The Morgan fingerprint density at radius 2 is 1.96 bits per heavy atom. The standard InChI is InChI=1S/C14H9F3N2O4S/c1-7(21)23-10-5-3-2-4-8(10)12(22)18-13-9(6-20)11(19-24-13)14(15,16)17/h2-6H,1H3,(H,18,22). The maximum Gasteiger partial charge on any atom is 0.435 e. The van der Waals surface area contributed by atoms with Crippen LogP contribution in [0.3, 0.4) is 0 Å². The van der Waals surface area contributed by atoms with E-state index in [1.54, 1.807) is 0 Å². The zero-order chi connectivity index (χ0) is 17.9. The van der Waals surface area contributed by atoms with Crippen molar-refractivity contribution in [2.75, 3.05) is 5.32 Å². The summed E-state index contributed by atoms with van der Waals surface area (Å²) >= 11 is 0.329. The number of carbonyl (C=O) groups is 3. The van der Waals surface area contributed by atoms with Crippen LogP contribution in [0.15, 0.2) is 24.3 Å². The molecule has 1 N–H and O–H groups in total. The van der Waals surface area contributed by atoms with Gasteiger partial charge in [-0.15, -0.1) is 0 Å². The maximum atomic E-state index is 12.7. The molecule has 6 nitrogen and oxygen atoms in total. The van der Waals surface area contributed by atoms with Crippen LogP contribution in [0.5, 0.6) is 5.75 Å². The number of esters is 1. The van der Waals surface area contributed by atoms with E-state index < -0.39 is 29.3 Å². The summed E-state index contributed by atoms with van der Waals surface area (Å²) < 4.78 is 46.2. The van der Waals surface area contributed by atoms with Gasteiger partial charge in [0.15, 0.2) is 12.0 Å². The first-order valence-electron chi connectivity index (χ1n) is 6.35. The molecule has 0 atom stereocenters. The van der Waals surface area contributed by atoms with E-state index in [4.69, 9.17) is 4.74 Å². The van der Waals surface area contributed by atoms with Gasteiger partial charge in [-0.25, -0.2) is 0 Å². The Morgan fingerprint density at radius 3 is 2.54 bits per heavy atom. The van der Waals surface area contributed by atoms with E-state index in [9.17, 15) is 27.6 Å². The zero-order valence-corrected chi connectivity index (χ0v) is 12.8. The van der Waals surface area contributed by atoms with Crippen LogP contribution in [0, 0.1) is 0 Å². The summed E-state index contributed by atoms with van der Waals surface area (Å²) in [7, 11) is 0. The Labute approximate surface area is 137 Å². The first kappa shape index (κ1) is 17.6. The lowest BCUT2D eigenvalue weighted by Crippen LogP contribution is -2.15. The number of anilines is 1. The molecule has 0 saturated heterocycles. The Balaban J connectivity index is 2.33. The third-order valence-corrected chi connectivity index (χ3v) is 3.51. The molecule has 0 radical (unpaired) electrons. The third kappa shape index (κ3) is 3.77. The van der Waals surface area contributed by atoms with Crippen molar-refractivity contribution < 1.29 is 32.3 Å². The first-order valence-corrected chi connectivity index (χ1v) is 7.12. The summed E-state index contributed by atoms with van der Waals surface area (Å²) in [4.78, 5) is 34.2. The second-order valence-electron chi connectivity index (χ2n) is 4.43. The van der Waals surface area contributed by atoms with E-state index in [0.29, 0.717) is 11.5 Å². The predicted octanol–water partition coefficient (Wildman–Crippen LogP) is 3.15. The van der Waals surface area contributed by atoms with Crippen LogP contribution in [-0.4, -0.2) is 22.5 Å². The molecule has 1 aromatic heterocycles. The van der Waals surface area contributed by atoms with Crippen LogP contribution in [0.25, 0.3) is 0 Å². The number of amides is 1. The number of benzene rings is 1. The van der Waals surface area contributed by atoms with E-state index in [2.05, 4.69) is 9.69 Å². The van der Waals surface area contributed by atoms with Crippen LogP contribution in [0.2, 0.25) is 0 Å². The summed E-state index contributed by atoms with van der Waals surface area (Å²) in [5, 5.41) is 1.83. The quantitative estimate of drug-likeness (QED) is 0.516. The fourth-order valence-electron chi connectivity index (χ4n) is 1.77. The molecule has 1 heterocycles. The Kier molecular flexibility index (Phi) is 4.98. The predicted molar refractivity (Wildman–Crippen MR) is 78.2 cm³/mol. The highest BCUT2D eigenvalue weighted by Crippen LogP contribution is 2.36. The highest BCUT2D eigenvalue weighted by atomic mass is 32.1. The topological polar surface area (TPSA) is 85.4 Å². The second kappa shape index (κ2) is 6.79. The fraction of sp³-hybridized carbons (Fsp3) is 0.143. The van der Waals surface area contributed by atoms with Gasteiger partial charge in [-0.05, 0) is 23.7 Å². The number of aldehydes is 1. The number of hydrogen-bond acceptors (Lipinski definition) is 6. The van der Waals surface area contributed by atoms with E-state index in [-0.39, 0.29) is 22.6 Å². The fourth-order valence-corrected chi connectivity index (χ4v) is 2.54. The molecular formula is C14H9F3N2O4S. The molecule has 0 aliphatic rings. The molecule has 2 rings (SSSR count). The Bertz CT molecular complexity index is 802. The van der Waals surface area contributed by atoms with Gasteiger partial charge in [0.1, 0.15) is 10.8 Å². The number of nitrogens with zero attached hydrogens (tertiary/aromatic N) is 1. The molecule has 0 aliphatic heterocycles. The van der Waals surface area contributed by atoms with Crippen molar-refractivity contribution in [2.45, 2.75) is 13.1 Å². The van der Waals surface area contributed by atoms with Crippen molar-refractivity contribution in [1.82, 2.24) is 4.37 Å². The highest BCUT2D eigenvalue weighted by molar-refractivity contribution is 7.11. The molecule has 24 heavy (non-hydrogen) atoms. The van der Waals surface area contributed by atoms with Crippen molar-refractivity contribution in [3.63, 3.8) is 0 Å². The van der Waals surface area contributed by atoms with Crippen molar-refractivity contribution in [2.24, 2.45) is 0 Å². The minimum atomic E-state index is -4.81. The van der Waals surface area contributed by atoms with E-state index >= 15 is 0 Å². The smallest absolute Gasteiger partial charge is 0.426 e. The number of alkyl halides is 3. The van der Waals surface area contributed by atoms with E-state index in [1.165, 1.54) is 24.3 Å². The monoisotopic (exact) mass is 358 g/mol. The molecule has 0 unspecified atom stereocenters. The number of carbonyl (C=O) groups excluding carboxylic acids is 3. The molecule has 2 aromatic rings. The van der Waals surface area contributed by atoms with Crippen LogP contribution in [-0.2, 0) is 11.0 Å². The number of halogens is 3. The Morgan fingerprint density at radius 1 is 1.29 bits per heavy atom. The van der Waals surface area contributed by atoms with Crippen molar-refractivity contribution in [3.8, 4) is 5.75 Å². The number of rotatable bonds is 4. The maximum absolute atomic E-state index is 12.7. The largest absolute Gasteiger partial charge is 0.435 e. The van der Waals surface area contributed by atoms with Crippen molar-refractivity contribution in [3.05, 3.63) is 41.1 Å². The van der Waals surface area contributed by atoms with Gasteiger partial charge >= 0.3 is 12.1 Å². The van der Waals surface area contributed by atoms with Gasteiger partial charge in [0.25, 0.3) is 5.91 Å². The van der Waals surface area contributed by atoms with Gasteiger partial charge in [-0.2, -0.15) is 17.5 Å². The van der Waals surface area contributed by atoms with Gasteiger partial charge in [-0.1, -0.05) is 12.1 Å². The first-order chi connectivity index (χ1) is 11.2. The average Bonchev–Trinajstić information content (AvgIpc) is 2.89. The third-order valence-electron chi connectivity index (χ3n) is 2.73. The van der Waals surface area contributed by atoms with Crippen molar-refractivity contribution >= 4 is 34.7 Å². The molecule has 0 aliphatic carbocycles. The number of para-hydroxylation sites is 1. The minimum absolute atomic E-state index is 0.0279. The highest BCUT2D eigenvalue weighted by Gasteiger charge is 2.38. The van der Waals surface area contributed by atoms with Crippen LogP contribution in [0.1, 0.15) is 33.3 Å². The summed E-state index contributed by atoms with van der Waals surface area (Å²) in [6.07, 6.45) is -4.84. The number of nitrogens with one attached hydrogen (secondary N) is 1. The normalized spacial score (nSPS) is 11.0. The van der Waals surface area contributed by atoms with Gasteiger partial charge < -0.3 is 10.1 Å². The van der Waals surface area contributed by atoms with Gasteiger partial charge in [0.05, 0.1) is 11.1 Å². The number of hydrogen-bond donors (Lipinski definition) is 1. The summed E-state index contributed by atoms with van der Waals surface area (Å²) in [6, 6.07) is 5.67. The van der Waals surface area contributed by atoms with Gasteiger partial charge in [0.2, 0.25) is 0 Å². The van der Waals surface area contributed by atoms with Crippen LogP contribution in [0.4, 0.5) is 18.2 Å². The van der Waals surface area contributed by atoms with E-state index in [0.717, 1.165) is 6.92 Å². The number of aromatic nitrogens is 1. The Hall–Kier alpha value is -2.75. The summed E-state index contributed by atoms with van der Waals surface area (Å²) in [5.74, 6) is -1.57. The van der Waals surface area contributed by atoms with Crippen LogP contribution < -0.4 is 10.1 Å². The molecule has 0 spiro atoms. The van der Waals surface area contributed by atoms with Crippen molar-refractivity contribution in [1.29, 1.82) is 0 Å². The molecular weight excluding hydrogens is 349 g/mol. The molecule has 1 aromatic carbocycles. The molecule has 0 bridgehead atoms. The minimum Gasteiger partial charge on any atom is -0.426 e. The average molecular weight is 358 g/mol. The molecule has 10 heteroatoms. The lowest BCUT2D eigenvalue weighted by atomic mass is 10.2. The zero-order valence-electron chi connectivity index (χ0n) is 12.0. The van der Waals surface area contributed by atoms with E-state index in [1.807, 2.05) is 0 Å². The summed E-state index contributed by atoms with van der Waals surface area (Å²) in [6.45, 7) is 1.14. The lowest BCUT2D eigenvalue weighted by molar-refractivity contribution is -0.140. The lowest BCUT2D eigenvalue weighted by Gasteiger charge is -2.09. The van der Waals surface area contributed by atoms with Gasteiger partial charge in [-0.3, -0.25) is 14.4 Å². The second-order valence-corrected chi connectivity index (χ2v) is 5.21. The van der Waals surface area contributed by atoms with Crippen LogP contribution >= 0.6 is 11.5 Å². The molecule has 1 amide bonds. The SMILES string of the molecule is CC(=O)Oc1ccccc1C(=O)Nc1snc(C(F)(F)F)c1C=O. The summed E-state index contributed by atoms with van der Waals surface area (Å²) in [5.41, 5.74) is -2.21. The molecule has 126 valence electrons. The molecule has 0 saturated carbocycles. The van der Waals surface area contributed by atoms with Gasteiger partial charge in [0, 0.05) is 6.92 Å². The molecule has 0 fully saturated rings.